The van der Waals surface area contributed by atoms with Gasteiger partial charge in [0.2, 0.25) is 0 Å². The van der Waals surface area contributed by atoms with Crippen LogP contribution in [0.15, 0.2) is 41.1 Å². The van der Waals surface area contributed by atoms with Crippen molar-refractivity contribution in [3.05, 3.63) is 68.0 Å². The summed E-state index contributed by atoms with van der Waals surface area (Å²) in [4.78, 5) is 42.5. The van der Waals surface area contributed by atoms with Gasteiger partial charge in [0.25, 0.3) is 11.8 Å². The highest BCUT2D eigenvalue weighted by Crippen LogP contribution is 2.28. The summed E-state index contributed by atoms with van der Waals surface area (Å²) in [6.07, 6.45) is 5.94. The highest BCUT2D eigenvalue weighted by Gasteiger charge is 2.25. The number of terminal acetylenes is 1. The Morgan fingerprint density at radius 2 is 2.03 bits per heavy atom. The van der Waals surface area contributed by atoms with Gasteiger partial charge in [0, 0.05) is 17.3 Å². The molecule has 0 spiro atoms. The zero-order chi connectivity index (χ0) is 25.7. The average molecular weight is 580 g/mol. The number of nitrogens with zero attached hydrogens (tertiary/aromatic N) is 4. The van der Waals surface area contributed by atoms with E-state index >= 15 is 0 Å². The molecule has 0 atom stereocenters. The van der Waals surface area contributed by atoms with E-state index in [1.807, 2.05) is 0 Å². The third-order valence-electron chi connectivity index (χ3n) is 4.53. The number of pyridine rings is 1. The van der Waals surface area contributed by atoms with Crippen molar-refractivity contribution in [2.24, 2.45) is 0 Å². The van der Waals surface area contributed by atoms with Gasteiger partial charge in [-0.25, -0.2) is 24.9 Å². The SMILES string of the molecule is C#CCN(NC(=O)OC)C(=O)c1cc(Cl)cc(C)c1NC(=O)c1cc(Br)nn1-c1ncccc1Cl. The maximum Gasteiger partial charge on any atom is 0.425 e. The van der Waals surface area contributed by atoms with Crippen molar-refractivity contribution in [3.63, 3.8) is 0 Å². The van der Waals surface area contributed by atoms with Gasteiger partial charge in [0.15, 0.2) is 5.82 Å². The third-order valence-corrected chi connectivity index (χ3v) is 5.43. The predicted molar refractivity (Wildman–Crippen MR) is 134 cm³/mol. The van der Waals surface area contributed by atoms with E-state index in [0.29, 0.717) is 10.2 Å². The highest BCUT2D eigenvalue weighted by molar-refractivity contribution is 9.10. The van der Waals surface area contributed by atoms with Gasteiger partial charge in [-0.1, -0.05) is 29.1 Å². The number of aryl methyl sites for hydroxylation is 1. The summed E-state index contributed by atoms with van der Waals surface area (Å²) in [5.74, 6) is 1.17. The van der Waals surface area contributed by atoms with Gasteiger partial charge < -0.3 is 10.1 Å². The van der Waals surface area contributed by atoms with Crippen LogP contribution in [-0.2, 0) is 4.74 Å². The van der Waals surface area contributed by atoms with Gasteiger partial charge in [-0.15, -0.1) is 6.42 Å². The number of aromatic nitrogens is 3. The second kappa shape index (κ2) is 11.2. The molecule has 0 fully saturated rings. The minimum absolute atomic E-state index is 0.0176. The summed E-state index contributed by atoms with van der Waals surface area (Å²) in [5.41, 5.74) is 2.93. The Bertz CT molecular complexity index is 1350. The Morgan fingerprint density at radius 1 is 1.29 bits per heavy atom. The van der Waals surface area contributed by atoms with E-state index in [1.54, 1.807) is 25.1 Å². The second-order valence-corrected chi connectivity index (χ2v) is 8.53. The molecule has 0 unspecified atom stereocenters. The monoisotopic (exact) mass is 578 g/mol. The standard InChI is InChI=1S/C22H17BrCl2N6O4/c1-4-8-30(29-22(34)35-3)21(33)14-10-13(24)9-12(2)18(14)27-20(32)16-11-17(23)28-31(16)19-15(25)6-5-7-26-19/h1,5-7,9-11H,8H2,2-3H3,(H,27,32)(H,29,34). The molecular weight excluding hydrogens is 563 g/mol. The fraction of sp³-hybridized carbons (Fsp3) is 0.136. The molecule has 0 saturated heterocycles. The van der Waals surface area contributed by atoms with Crippen molar-refractivity contribution >= 4 is 62.7 Å². The number of nitrogens with one attached hydrogen (secondary N) is 2. The molecule has 3 rings (SSSR count). The van der Waals surface area contributed by atoms with Crippen LogP contribution in [0.5, 0.6) is 0 Å². The number of carbonyl (C=O) groups is 3. The van der Waals surface area contributed by atoms with E-state index in [2.05, 4.69) is 47.4 Å². The Morgan fingerprint density at radius 3 is 2.69 bits per heavy atom. The fourth-order valence-electron chi connectivity index (χ4n) is 3.02. The van der Waals surface area contributed by atoms with Gasteiger partial charge >= 0.3 is 6.09 Å². The predicted octanol–water partition coefficient (Wildman–Crippen LogP) is 4.24. The van der Waals surface area contributed by atoms with Crippen LogP contribution in [0.25, 0.3) is 5.82 Å². The third kappa shape index (κ3) is 5.92. The minimum atomic E-state index is -0.904. The maximum atomic E-state index is 13.3. The number of ether oxygens (including phenoxy) is 1. The highest BCUT2D eigenvalue weighted by atomic mass is 79.9. The first-order valence-corrected chi connectivity index (χ1v) is 11.3. The van der Waals surface area contributed by atoms with Crippen molar-refractivity contribution in [1.82, 2.24) is 25.2 Å². The van der Waals surface area contributed by atoms with Crippen molar-refractivity contribution in [2.75, 3.05) is 19.0 Å². The van der Waals surface area contributed by atoms with Crippen LogP contribution in [0, 0.1) is 19.3 Å². The first-order valence-electron chi connectivity index (χ1n) is 9.74. The number of halogens is 3. The van der Waals surface area contributed by atoms with Gasteiger partial charge in [0.1, 0.15) is 16.8 Å². The van der Waals surface area contributed by atoms with Gasteiger partial charge in [-0.3, -0.25) is 9.59 Å². The van der Waals surface area contributed by atoms with Crippen molar-refractivity contribution in [2.45, 2.75) is 6.92 Å². The molecule has 10 nitrogen and oxygen atoms in total. The van der Waals surface area contributed by atoms with Crippen LogP contribution >= 0.6 is 39.1 Å². The fourth-order valence-corrected chi connectivity index (χ4v) is 3.87. The van der Waals surface area contributed by atoms with E-state index in [4.69, 9.17) is 29.6 Å². The molecule has 3 aromatic rings. The Labute approximate surface area is 218 Å². The first-order chi connectivity index (χ1) is 16.7. The molecule has 0 saturated carbocycles. The number of methoxy groups -OCH3 is 1. The second-order valence-electron chi connectivity index (χ2n) is 6.87. The van der Waals surface area contributed by atoms with Crippen LogP contribution in [0.2, 0.25) is 10.0 Å². The van der Waals surface area contributed by atoms with Gasteiger partial charge in [-0.2, -0.15) is 5.10 Å². The molecular formula is C22H17BrCl2N6O4. The number of carbonyl (C=O) groups excluding carboxylic acids is 3. The molecule has 0 bridgehead atoms. The van der Waals surface area contributed by atoms with Crippen molar-refractivity contribution in [1.29, 1.82) is 0 Å². The number of amides is 3. The first kappa shape index (κ1) is 26.0. The van der Waals surface area contributed by atoms with E-state index in [9.17, 15) is 14.4 Å². The largest absolute Gasteiger partial charge is 0.452 e. The molecule has 2 N–H and O–H groups in total. The number of hydrazine groups is 1. The molecule has 0 aliphatic heterocycles. The average Bonchev–Trinajstić information content (AvgIpc) is 3.21. The summed E-state index contributed by atoms with van der Waals surface area (Å²) in [5, 5.41) is 8.32. The summed E-state index contributed by atoms with van der Waals surface area (Å²) < 4.78 is 6.16. The normalized spacial score (nSPS) is 10.3. The van der Waals surface area contributed by atoms with Crippen LogP contribution in [0.1, 0.15) is 26.4 Å². The Balaban J connectivity index is 2.03. The van der Waals surface area contributed by atoms with Crippen LogP contribution in [0.3, 0.4) is 0 Å². The number of hydrogen-bond acceptors (Lipinski definition) is 6. The lowest BCUT2D eigenvalue weighted by Crippen LogP contribution is -2.46. The number of rotatable bonds is 5. The molecule has 0 aliphatic rings. The number of benzene rings is 1. The number of anilines is 1. The van der Waals surface area contributed by atoms with E-state index in [1.165, 1.54) is 23.0 Å². The lowest BCUT2D eigenvalue weighted by atomic mass is 10.1. The molecule has 2 heterocycles. The van der Waals surface area contributed by atoms with E-state index in [0.717, 1.165) is 12.1 Å². The molecule has 1 aromatic carbocycles. The summed E-state index contributed by atoms with van der Waals surface area (Å²) >= 11 is 15.7. The lowest BCUT2D eigenvalue weighted by Gasteiger charge is -2.22. The van der Waals surface area contributed by atoms with Gasteiger partial charge in [-0.05, 0) is 52.7 Å². The Hall–Kier alpha value is -3.59. The molecule has 13 heteroatoms. The van der Waals surface area contributed by atoms with E-state index in [-0.39, 0.29) is 39.4 Å². The maximum absolute atomic E-state index is 13.3. The molecule has 0 radical (unpaired) electrons. The summed E-state index contributed by atoms with van der Waals surface area (Å²) in [6.45, 7) is 1.38. The molecule has 0 aliphatic carbocycles. The smallest absolute Gasteiger partial charge is 0.425 e. The van der Waals surface area contributed by atoms with Crippen LogP contribution in [-0.4, -0.2) is 51.3 Å². The molecule has 2 aromatic heterocycles. The van der Waals surface area contributed by atoms with Crippen molar-refractivity contribution < 1.29 is 19.1 Å². The molecule has 3 amide bonds. The quantitative estimate of drug-likeness (QED) is 0.345. The minimum Gasteiger partial charge on any atom is -0.452 e. The summed E-state index contributed by atoms with van der Waals surface area (Å²) in [6, 6.07) is 7.63. The van der Waals surface area contributed by atoms with Gasteiger partial charge in [0.05, 0.1) is 23.4 Å². The molecule has 180 valence electrons. The van der Waals surface area contributed by atoms with Crippen molar-refractivity contribution in [3.8, 4) is 18.2 Å². The van der Waals surface area contributed by atoms with Crippen LogP contribution < -0.4 is 10.7 Å². The topological polar surface area (TPSA) is 118 Å². The lowest BCUT2D eigenvalue weighted by molar-refractivity contribution is 0.0663. The Kier molecular flexibility index (Phi) is 8.34. The van der Waals surface area contributed by atoms with Crippen LogP contribution in [0.4, 0.5) is 10.5 Å². The number of hydrogen-bond donors (Lipinski definition) is 2. The van der Waals surface area contributed by atoms with E-state index < -0.39 is 17.9 Å². The zero-order valence-corrected chi connectivity index (χ0v) is 21.4. The summed E-state index contributed by atoms with van der Waals surface area (Å²) in [7, 11) is 1.14. The molecule has 35 heavy (non-hydrogen) atoms. The zero-order valence-electron chi connectivity index (χ0n) is 18.3.